The van der Waals surface area contributed by atoms with Gasteiger partial charge in [-0.1, -0.05) is 36.9 Å². The van der Waals surface area contributed by atoms with Crippen molar-refractivity contribution in [3.63, 3.8) is 0 Å². The summed E-state index contributed by atoms with van der Waals surface area (Å²) >= 11 is 0. The Bertz CT molecular complexity index is 854. The van der Waals surface area contributed by atoms with Gasteiger partial charge in [-0.25, -0.2) is 4.98 Å². The number of amides is 1. The van der Waals surface area contributed by atoms with Crippen molar-refractivity contribution in [3.8, 4) is 11.1 Å². The molecule has 1 aromatic carbocycles. The fraction of sp³-hybridized carbons (Fsp3) is 0.227. The second kappa shape index (κ2) is 8.56. The average molecular weight is 361 g/mol. The Morgan fingerprint density at radius 1 is 1.26 bits per heavy atom. The number of ether oxygens (including phenoxy) is 1. The SMILES string of the molecule is C=C/C=C(\N=C)C1CC1C(=O)Nc1ccc(-c2ccc(COC)cc2)cn1. The van der Waals surface area contributed by atoms with Gasteiger partial charge in [0.15, 0.2) is 0 Å². The number of nitrogens with zero attached hydrogens (tertiary/aromatic N) is 2. The molecule has 0 aliphatic heterocycles. The predicted molar refractivity (Wildman–Crippen MR) is 108 cm³/mol. The number of nitrogens with one attached hydrogen (secondary N) is 1. The third-order valence-electron chi connectivity index (χ3n) is 4.59. The van der Waals surface area contributed by atoms with E-state index < -0.39 is 0 Å². The van der Waals surface area contributed by atoms with Crippen molar-refractivity contribution in [2.24, 2.45) is 16.8 Å². The highest BCUT2D eigenvalue weighted by Gasteiger charge is 2.45. The van der Waals surface area contributed by atoms with E-state index >= 15 is 0 Å². The third kappa shape index (κ3) is 4.57. The summed E-state index contributed by atoms with van der Waals surface area (Å²) < 4.78 is 5.12. The van der Waals surface area contributed by atoms with E-state index in [2.05, 4.69) is 28.6 Å². The Kier molecular flexibility index (Phi) is 5.94. The van der Waals surface area contributed by atoms with E-state index in [1.165, 1.54) is 0 Å². The fourth-order valence-corrected chi connectivity index (χ4v) is 3.04. The first-order valence-electron chi connectivity index (χ1n) is 8.80. The molecule has 2 atom stereocenters. The van der Waals surface area contributed by atoms with E-state index in [9.17, 15) is 4.79 Å². The lowest BCUT2D eigenvalue weighted by molar-refractivity contribution is -0.117. The van der Waals surface area contributed by atoms with Crippen molar-refractivity contribution in [3.05, 3.63) is 72.6 Å². The molecule has 3 rings (SSSR count). The molecule has 1 aliphatic carbocycles. The Balaban J connectivity index is 1.61. The molecule has 1 aliphatic rings. The fourth-order valence-electron chi connectivity index (χ4n) is 3.04. The van der Waals surface area contributed by atoms with Crippen molar-refractivity contribution >= 4 is 18.4 Å². The van der Waals surface area contributed by atoms with E-state index in [-0.39, 0.29) is 17.7 Å². The molecule has 2 aromatic rings. The maximum absolute atomic E-state index is 12.4. The molecule has 1 saturated carbocycles. The summed E-state index contributed by atoms with van der Waals surface area (Å²) in [7, 11) is 1.68. The zero-order valence-corrected chi connectivity index (χ0v) is 15.4. The molecule has 1 aromatic heterocycles. The van der Waals surface area contributed by atoms with Gasteiger partial charge >= 0.3 is 0 Å². The van der Waals surface area contributed by atoms with Gasteiger partial charge in [-0.15, -0.1) is 0 Å². The van der Waals surface area contributed by atoms with Crippen LogP contribution >= 0.6 is 0 Å². The van der Waals surface area contributed by atoms with Gasteiger partial charge in [0.1, 0.15) is 5.82 Å². The highest BCUT2D eigenvalue weighted by atomic mass is 16.5. The van der Waals surface area contributed by atoms with E-state index in [4.69, 9.17) is 4.74 Å². The predicted octanol–water partition coefficient (Wildman–Crippen LogP) is 4.24. The monoisotopic (exact) mass is 361 g/mol. The van der Waals surface area contributed by atoms with Crippen LogP contribution in [0.15, 0.2) is 72.0 Å². The maximum atomic E-state index is 12.4. The molecular weight excluding hydrogens is 338 g/mol. The number of hydrogen-bond donors (Lipinski definition) is 1. The summed E-state index contributed by atoms with van der Waals surface area (Å²) in [6, 6.07) is 11.9. The van der Waals surface area contributed by atoms with E-state index in [0.717, 1.165) is 28.8 Å². The normalized spacial score (nSPS) is 18.6. The van der Waals surface area contributed by atoms with Gasteiger partial charge in [0.05, 0.1) is 6.61 Å². The van der Waals surface area contributed by atoms with Gasteiger partial charge in [-0.2, -0.15) is 0 Å². The molecular formula is C22H23N3O2. The van der Waals surface area contributed by atoms with Crippen molar-refractivity contribution in [1.82, 2.24) is 4.98 Å². The molecule has 0 saturated heterocycles. The number of carbonyl (C=O) groups excluding carboxylic acids is 1. The number of rotatable bonds is 8. The highest BCUT2D eigenvalue weighted by molar-refractivity contribution is 5.94. The van der Waals surface area contributed by atoms with Crippen LogP contribution in [0.5, 0.6) is 0 Å². The van der Waals surface area contributed by atoms with Crippen LogP contribution in [0.25, 0.3) is 11.1 Å². The smallest absolute Gasteiger partial charge is 0.229 e. The maximum Gasteiger partial charge on any atom is 0.229 e. The van der Waals surface area contributed by atoms with Gasteiger partial charge in [0.25, 0.3) is 0 Å². The van der Waals surface area contributed by atoms with Crippen molar-refractivity contribution in [2.45, 2.75) is 13.0 Å². The molecule has 5 nitrogen and oxygen atoms in total. The minimum absolute atomic E-state index is 0.0391. The van der Waals surface area contributed by atoms with Gasteiger partial charge in [0, 0.05) is 36.4 Å². The lowest BCUT2D eigenvalue weighted by atomic mass is 10.1. The summed E-state index contributed by atoms with van der Waals surface area (Å²) in [4.78, 5) is 20.7. The first-order valence-corrected chi connectivity index (χ1v) is 8.80. The number of aliphatic imine (C=N–C) groups is 1. The molecule has 5 heteroatoms. The molecule has 0 bridgehead atoms. The highest BCUT2D eigenvalue weighted by Crippen LogP contribution is 2.45. The molecule has 0 spiro atoms. The van der Waals surface area contributed by atoms with Crippen molar-refractivity contribution in [1.29, 1.82) is 0 Å². The number of methoxy groups -OCH3 is 1. The van der Waals surface area contributed by atoms with Gasteiger partial charge < -0.3 is 10.1 Å². The number of carbonyl (C=O) groups is 1. The molecule has 138 valence electrons. The summed E-state index contributed by atoms with van der Waals surface area (Å²) in [6.07, 6.45) is 6.01. The molecule has 27 heavy (non-hydrogen) atoms. The summed E-state index contributed by atoms with van der Waals surface area (Å²) in [6.45, 7) is 7.81. The Labute approximate surface area is 159 Å². The minimum atomic E-state index is -0.0866. The number of anilines is 1. The summed E-state index contributed by atoms with van der Waals surface area (Å²) in [5, 5.41) is 2.88. The topological polar surface area (TPSA) is 63.6 Å². The zero-order valence-electron chi connectivity index (χ0n) is 15.4. The molecule has 1 N–H and O–H groups in total. The summed E-state index contributed by atoms with van der Waals surface area (Å²) in [5.41, 5.74) is 3.99. The number of hydrogen-bond acceptors (Lipinski definition) is 4. The standard InChI is InChI=1S/C22H23N3O2/c1-4-5-20(23-2)18-12-19(18)22(26)25-21-11-10-17(13-24-21)16-8-6-15(7-9-16)14-27-3/h4-11,13,18-19H,1-2,12,14H2,3H3,(H,24,25,26)/b20-5-. The number of benzene rings is 1. The number of pyridine rings is 1. The first kappa shape index (κ1) is 18.7. The van der Waals surface area contributed by atoms with Gasteiger partial charge in [-0.3, -0.25) is 9.79 Å². The van der Waals surface area contributed by atoms with Crippen LogP contribution in [0.1, 0.15) is 12.0 Å². The van der Waals surface area contributed by atoms with Gasteiger partial charge in [-0.05, 0) is 42.5 Å². The Morgan fingerprint density at radius 3 is 2.59 bits per heavy atom. The van der Waals surface area contributed by atoms with Crippen LogP contribution < -0.4 is 5.32 Å². The quantitative estimate of drug-likeness (QED) is 0.565. The molecule has 1 amide bonds. The average Bonchev–Trinajstić information content (AvgIpc) is 3.48. The lowest BCUT2D eigenvalue weighted by Gasteiger charge is -2.07. The Hall–Kier alpha value is -3.05. The van der Waals surface area contributed by atoms with Gasteiger partial charge in [0.2, 0.25) is 5.91 Å². The summed E-state index contributed by atoms with van der Waals surface area (Å²) in [5.74, 6) is 0.538. The second-order valence-corrected chi connectivity index (χ2v) is 6.49. The number of aromatic nitrogens is 1. The third-order valence-corrected chi connectivity index (χ3v) is 4.59. The van der Waals surface area contributed by atoms with E-state index in [0.29, 0.717) is 12.4 Å². The van der Waals surface area contributed by atoms with E-state index in [1.807, 2.05) is 36.4 Å². The second-order valence-electron chi connectivity index (χ2n) is 6.49. The van der Waals surface area contributed by atoms with Crippen LogP contribution in [0.3, 0.4) is 0 Å². The zero-order chi connectivity index (χ0) is 19.2. The minimum Gasteiger partial charge on any atom is -0.380 e. The largest absolute Gasteiger partial charge is 0.380 e. The first-order chi connectivity index (χ1) is 13.2. The molecule has 1 heterocycles. The Morgan fingerprint density at radius 2 is 2.00 bits per heavy atom. The van der Waals surface area contributed by atoms with Crippen LogP contribution in [0.4, 0.5) is 5.82 Å². The van der Waals surface area contributed by atoms with Crippen LogP contribution in [0, 0.1) is 11.8 Å². The van der Waals surface area contributed by atoms with Crippen LogP contribution in [-0.2, 0) is 16.1 Å². The van der Waals surface area contributed by atoms with Crippen molar-refractivity contribution < 1.29 is 9.53 Å². The molecule has 1 fully saturated rings. The van der Waals surface area contributed by atoms with Crippen LogP contribution in [-0.4, -0.2) is 24.7 Å². The lowest BCUT2D eigenvalue weighted by Crippen LogP contribution is -2.15. The van der Waals surface area contributed by atoms with Crippen molar-refractivity contribution in [2.75, 3.05) is 12.4 Å². The number of allylic oxidation sites excluding steroid dienone is 3. The molecule has 0 radical (unpaired) electrons. The van der Waals surface area contributed by atoms with Crippen LogP contribution in [0.2, 0.25) is 0 Å². The molecule has 2 unspecified atom stereocenters. The van der Waals surface area contributed by atoms with E-state index in [1.54, 1.807) is 25.5 Å².